The van der Waals surface area contributed by atoms with Gasteiger partial charge in [-0.05, 0) is 86.0 Å². The van der Waals surface area contributed by atoms with E-state index in [-0.39, 0.29) is 35.1 Å². The van der Waals surface area contributed by atoms with Gasteiger partial charge < -0.3 is 4.74 Å². The van der Waals surface area contributed by atoms with Crippen LogP contribution in [0.1, 0.15) is 91.4 Å². The minimum absolute atomic E-state index is 0.0279. The molecule has 0 amide bonds. The van der Waals surface area contributed by atoms with Gasteiger partial charge in [-0.15, -0.1) is 0 Å². The molecule has 0 unspecified atom stereocenters. The summed E-state index contributed by atoms with van der Waals surface area (Å²) in [4.78, 5) is 36.9. The van der Waals surface area contributed by atoms with Crippen molar-refractivity contribution in [2.75, 3.05) is 6.61 Å². The van der Waals surface area contributed by atoms with Crippen molar-refractivity contribution in [1.82, 2.24) is 0 Å². The Kier molecular flexibility index (Phi) is 5.98. The molecule has 4 rings (SSSR count). The molecule has 0 saturated heterocycles. The number of carbonyl (C=O) groups is 3. The van der Waals surface area contributed by atoms with Gasteiger partial charge in [0.05, 0.1) is 0 Å². The van der Waals surface area contributed by atoms with Crippen molar-refractivity contribution < 1.29 is 19.1 Å². The molecule has 166 valence electrons. The number of esters is 1. The third-order valence-electron chi connectivity index (χ3n) is 9.46. The molecule has 4 aliphatic rings. The van der Waals surface area contributed by atoms with E-state index in [0.717, 1.165) is 57.8 Å². The summed E-state index contributed by atoms with van der Waals surface area (Å²) >= 11 is 0. The molecule has 0 aromatic heterocycles. The Hall–Kier alpha value is -1.45. The van der Waals surface area contributed by atoms with E-state index in [9.17, 15) is 14.4 Å². The molecule has 4 nitrogen and oxygen atoms in total. The number of ether oxygens (including phenoxy) is 1. The molecule has 3 fully saturated rings. The molecule has 30 heavy (non-hydrogen) atoms. The van der Waals surface area contributed by atoms with Crippen LogP contribution in [0.4, 0.5) is 0 Å². The number of rotatable bonds is 6. The Balaban J connectivity index is 1.45. The molecule has 0 heterocycles. The lowest BCUT2D eigenvalue weighted by Crippen LogP contribution is -2.51. The first-order chi connectivity index (χ1) is 14.3. The van der Waals surface area contributed by atoms with Crippen LogP contribution >= 0.6 is 0 Å². The predicted molar refractivity (Wildman–Crippen MR) is 116 cm³/mol. The lowest BCUT2D eigenvalue weighted by molar-refractivity contribution is -0.151. The summed E-state index contributed by atoms with van der Waals surface area (Å²) in [6.45, 7) is 6.73. The molecule has 0 N–H and O–H groups in total. The molecule has 6 atom stereocenters. The number of hydrogen-bond acceptors (Lipinski definition) is 4. The maximum atomic E-state index is 13.0. The summed E-state index contributed by atoms with van der Waals surface area (Å²) in [7, 11) is 0. The zero-order chi connectivity index (χ0) is 21.5. The molecular formula is C26H38O4. The van der Waals surface area contributed by atoms with E-state index in [1.165, 1.54) is 5.57 Å². The van der Waals surface area contributed by atoms with E-state index in [0.29, 0.717) is 36.4 Å². The number of allylic oxidation sites excluding steroid dienone is 1. The monoisotopic (exact) mass is 414 g/mol. The average Bonchev–Trinajstić information content (AvgIpc) is 3.08. The summed E-state index contributed by atoms with van der Waals surface area (Å²) < 4.78 is 5.32. The topological polar surface area (TPSA) is 60.4 Å². The minimum Gasteiger partial charge on any atom is -0.458 e. The second-order valence-corrected chi connectivity index (χ2v) is 10.9. The second kappa shape index (κ2) is 8.24. The Morgan fingerprint density at radius 1 is 1.07 bits per heavy atom. The van der Waals surface area contributed by atoms with Gasteiger partial charge in [0.2, 0.25) is 0 Å². The number of carbonyl (C=O) groups excluding carboxylic acids is 3. The summed E-state index contributed by atoms with van der Waals surface area (Å²) in [6, 6.07) is 0. The molecule has 0 aromatic carbocycles. The van der Waals surface area contributed by atoms with Gasteiger partial charge in [-0.3, -0.25) is 14.4 Å². The Morgan fingerprint density at radius 3 is 2.63 bits per heavy atom. The number of Topliss-reactive ketones (excluding diaryl/α,β-unsaturated/α-hetero) is 1. The molecule has 0 spiro atoms. The smallest absolute Gasteiger partial charge is 0.306 e. The van der Waals surface area contributed by atoms with Crippen molar-refractivity contribution in [2.45, 2.75) is 91.4 Å². The van der Waals surface area contributed by atoms with Gasteiger partial charge in [0.25, 0.3) is 0 Å². The van der Waals surface area contributed by atoms with Crippen LogP contribution in [-0.2, 0) is 19.1 Å². The minimum atomic E-state index is -0.236. The zero-order valence-corrected chi connectivity index (χ0v) is 19.0. The SMILES string of the molecule is CCCCC(=O)OCC(=O)[C@H]1CC[C@H]2[C@@H]3CCC4=CC(=O)CC[C@]4(C)[C@H]3CC[C@]12C. The van der Waals surface area contributed by atoms with Crippen LogP contribution in [0.2, 0.25) is 0 Å². The van der Waals surface area contributed by atoms with Gasteiger partial charge in [-0.1, -0.05) is 32.8 Å². The first-order valence-electron chi connectivity index (χ1n) is 12.2. The fourth-order valence-electron chi connectivity index (χ4n) is 7.73. The molecular weight excluding hydrogens is 376 g/mol. The lowest BCUT2D eigenvalue weighted by Gasteiger charge is -2.58. The van der Waals surface area contributed by atoms with Gasteiger partial charge >= 0.3 is 5.97 Å². The molecule has 4 heteroatoms. The summed E-state index contributed by atoms with van der Waals surface area (Å²) in [5.74, 6) is 2.11. The Morgan fingerprint density at radius 2 is 1.87 bits per heavy atom. The van der Waals surface area contributed by atoms with Crippen LogP contribution in [-0.4, -0.2) is 24.1 Å². The highest BCUT2D eigenvalue weighted by Gasteiger charge is 2.60. The van der Waals surface area contributed by atoms with Crippen LogP contribution in [0.25, 0.3) is 0 Å². The first-order valence-corrected chi connectivity index (χ1v) is 12.2. The van der Waals surface area contributed by atoms with E-state index in [4.69, 9.17) is 4.74 Å². The van der Waals surface area contributed by atoms with E-state index < -0.39 is 0 Å². The maximum Gasteiger partial charge on any atom is 0.306 e. The Labute approximate surface area is 181 Å². The maximum absolute atomic E-state index is 13.0. The van der Waals surface area contributed by atoms with Crippen molar-refractivity contribution >= 4 is 17.5 Å². The highest BCUT2D eigenvalue weighted by atomic mass is 16.5. The van der Waals surface area contributed by atoms with E-state index in [1.807, 2.05) is 13.0 Å². The number of ketones is 2. The normalized spacial score (nSPS) is 40.1. The van der Waals surface area contributed by atoms with Gasteiger partial charge in [0.1, 0.15) is 6.61 Å². The predicted octanol–water partition coefficient (Wildman–Crippen LogP) is 5.44. The Bertz CT molecular complexity index is 752. The fourth-order valence-corrected chi connectivity index (χ4v) is 7.73. The molecule has 4 aliphatic carbocycles. The standard InChI is InChI=1S/C26H38O4/c1-4-5-6-24(29)30-16-23(28)22-10-9-20-19-8-7-17-15-18(27)11-13-25(17,2)21(19)12-14-26(20,22)3/h15,19-22H,4-14,16H2,1-3H3/t19-,20-,21-,22+,25-,26-/m0/s1. The third kappa shape index (κ3) is 3.58. The van der Waals surface area contributed by atoms with Crippen molar-refractivity contribution in [2.24, 2.45) is 34.5 Å². The highest BCUT2D eigenvalue weighted by Crippen LogP contribution is 2.66. The molecule has 0 radical (unpaired) electrons. The molecule has 0 bridgehead atoms. The van der Waals surface area contributed by atoms with Crippen LogP contribution in [0.3, 0.4) is 0 Å². The fraction of sp³-hybridized carbons (Fsp3) is 0.808. The van der Waals surface area contributed by atoms with Crippen LogP contribution in [0, 0.1) is 34.5 Å². The molecule has 0 aliphatic heterocycles. The van der Waals surface area contributed by atoms with Gasteiger partial charge in [-0.2, -0.15) is 0 Å². The number of fused-ring (bicyclic) bond motifs is 5. The average molecular weight is 415 g/mol. The molecule has 0 aromatic rings. The lowest BCUT2D eigenvalue weighted by atomic mass is 9.46. The summed E-state index contributed by atoms with van der Waals surface area (Å²) in [6.07, 6.45) is 12.3. The van der Waals surface area contributed by atoms with Crippen molar-refractivity contribution in [3.63, 3.8) is 0 Å². The van der Waals surface area contributed by atoms with E-state index in [1.54, 1.807) is 0 Å². The van der Waals surface area contributed by atoms with Crippen molar-refractivity contribution in [3.05, 3.63) is 11.6 Å². The third-order valence-corrected chi connectivity index (χ3v) is 9.46. The van der Waals surface area contributed by atoms with E-state index >= 15 is 0 Å². The second-order valence-electron chi connectivity index (χ2n) is 10.9. The van der Waals surface area contributed by atoms with E-state index in [2.05, 4.69) is 13.8 Å². The quantitative estimate of drug-likeness (QED) is 0.543. The summed E-state index contributed by atoms with van der Waals surface area (Å²) in [5.41, 5.74) is 1.61. The number of hydrogen-bond donors (Lipinski definition) is 0. The van der Waals surface area contributed by atoms with Crippen molar-refractivity contribution in [1.29, 1.82) is 0 Å². The van der Waals surface area contributed by atoms with Gasteiger partial charge in [-0.25, -0.2) is 0 Å². The zero-order valence-electron chi connectivity index (χ0n) is 19.0. The molecule has 3 saturated carbocycles. The first kappa shape index (κ1) is 21.8. The van der Waals surface area contributed by atoms with Gasteiger partial charge in [0, 0.05) is 18.8 Å². The van der Waals surface area contributed by atoms with Crippen LogP contribution in [0.15, 0.2) is 11.6 Å². The largest absolute Gasteiger partial charge is 0.458 e. The van der Waals surface area contributed by atoms with Crippen molar-refractivity contribution in [3.8, 4) is 0 Å². The van der Waals surface area contributed by atoms with Gasteiger partial charge in [0.15, 0.2) is 11.6 Å². The van der Waals surface area contributed by atoms with Crippen LogP contribution in [0.5, 0.6) is 0 Å². The highest BCUT2D eigenvalue weighted by molar-refractivity contribution is 5.91. The van der Waals surface area contributed by atoms with Crippen LogP contribution < -0.4 is 0 Å². The number of unbranched alkanes of at least 4 members (excludes halogenated alkanes) is 1. The summed E-state index contributed by atoms with van der Waals surface area (Å²) in [5, 5.41) is 0.